The molecule has 32 heavy (non-hydrogen) atoms. The Labute approximate surface area is 201 Å². The average Bonchev–Trinajstić information content (AvgIpc) is 3.20. The number of hydrogen-bond donors (Lipinski definition) is 1. The standard InChI is InChI=1S/C26H25BrN2O2S/c1-2-14-31-22-13-12-19(15-21(22)27)17-29-26-24(20-10-6-7-11-23(20)32-26)25(30)28-16-18-8-4-3-5-9-18/h2-5,8-9,12-13,15,17H,1,6-7,10-11,14,16H2,(H,28,30). The molecule has 0 aliphatic heterocycles. The number of fused-ring (bicyclic) bond motifs is 1. The van der Waals surface area contributed by atoms with Crippen LogP contribution in [0.25, 0.3) is 0 Å². The highest BCUT2D eigenvalue weighted by atomic mass is 79.9. The molecule has 4 rings (SSSR count). The Balaban J connectivity index is 1.57. The molecule has 0 atom stereocenters. The van der Waals surface area contributed by atoms with Crippen molar-refractivity contribution in [1.82, 2.24) is 5.32 Å². The highest BCUT2D eigenvalue weighted by molar-refractivity contribution is 9.10. The maximum atomic E-state index is 13.2. The van der Waals surface area contributed by atoms with Gasteiger partial charge in [-0.05, 0) is 76.5 Å². The van der Waals surface area contributed by atoms with Crippen LogP contribution in [0.4, 0.5) is 5.00 Å². The highest BCUT2D eigenvalue weighted by Gasteiger charge is 2.25. The average molecular weight is 509 g/mol. The first kappa shape index (κ1) is 22.5. The monoisotopic (exact) mass is 508 g/mol. The van der Waals surface area contributed by atoms with E-state index in [0.29, 0.717) is 13.2 Å². The van der Waals surface area contributed by atoms with Crippen LogP contribution in [-0.4, -0.2) is 18.7 Å². The van der Waals surface area contributed by atoms with Gasteiger partial charge in [0.1, 0.15) is 17.4 Å². The molecule has 0 unspecified atom stereocenters. The predicted molar refractivity (Wildman–Crippen MR) is 136 cm³/mol. The van der Waals surface area contributed by atoms with Crippen LogP contribution in [0.2, 0.25) is 0 Å². The Hall–Kier alpha value is -2.70. The molecule has 0 saturated carbocycles. The Morgan fingerprint density at radius 3 is 2.78 bits per heavy atom. The maximum Gasteiger partial charge on any atom is 0.254 e. The second-order valence-corrected chi connectivity index (χ2v) is 9.55. The van der Waals surface area contributed by atoms with E-state index >= 15 is 0 Å². The maximum absolute atomic E-state index is 13.2. The lowest BCUT2D eigenvalue weighted by Gasteiger charge is -2.12. The van der Waals surface area contributed by atoms with Crippen molar-refractivity contribution >= 4 is 44.4 Å². The van der Waals surface area contributed by atoms with Crippen molar-refractivity contribution in [2.24, 2.45) is 4.99 Å². The van der Waals surface area contributed by atoms with Gasteiger partial charge in [0.2, 0.25) is 0 Å². The number of benzene rings is 2. The fraction of sp³-hybridized carbons (Fsp3) is 0.231. The van der Waals surface area contributed by atoms with E-state index < -0.39 is 0 Å². The van der Waals surface area contributed by atoms with E-state index in [1.807, 2.05) is 54.7 Å². The van der Waals surface area contributed by atoms with Gasteiger partial charge in [-0.25, -0.2) is 4.99 Å². The van der Waals surface area contributed by atoms with Gasteiger partial charge >= 0.3 is 0 Å². The number of nitrogens with one attached hydrogen (secondary N) is 1. The van der Waals surface area contributed by atoms with E-state index in [-0.39, 0.29) is 5.91 Å². The molecule has 1 aliphatic carbocycles. The summed E-state index contributed by atoms with van der Waals surface area (Å²) in [4.78, 5) is 19.2. The van der Waals surface area contributed by atoms with Crippen LogP contribution in [0.15, 0.2) is 70.7 Å². The lowest BCUT2D eigenvalue weighted by Crippen LogP contribution is -2.24. The Bertz CT molecular complexity index is 1140. The number of nitrogens with zero attached hydrogens (tertiary/aromatic N) is 1. The minimum atomic E-state index is -0.0465. The Morgan fingerprint density at radius 1 is 1.19 bits per heavy atom. The number of aryl methyl sites for hydroxylation is 1. The van der Waals surface area contributed by atoms with Gasteiger partial charge in [-0.1, -0.05) is 43.0 Å². The van der Waals surface area contributed by atoms with Crippen LogP contribution in [0.5, 0.6) is 5.75 Å². The van der Waals surface area contributed by atoms with E-state index in [4.69, 9.17) is 9.73 Å². The molecule has 0 bridgehead atoms. The number of carbonyl (C=O) groups is 1. The zero-order valence-electron chi connectivity index (χ0n) is 17.8. The summed E-state index contributed by atoms with van der Waals surface area (Å²) in [6.07, 6.45) is 7.77. The number of halogens is 1. The summed E-state index contributed by atoms with van der Waals surface area (Å²) in [5.74, 6) is 0.712. The van der Waals surface area contributed by atoms with E-state index in [1.165, 1.54) is 16.9 Å². The summed E-state index contributed by atoms with van der Waals surface area (Å²) in [6, 6.07) is 15.8. The number of ether oxygens (including phenoxy) is 1. The van der Waals surface area contributed by atoms with Gasteiger partial charge in [0.15, 0.2) is 0 Å². The number of amides is 1. The Kier molecular flexibility index (Phi) is 7.55. The molecule has 0 fully saturated rings. The van der Waals surface area contributed by atoms with Crippen LogP contribution < -0.4 is 10.1 Å². The molecule has 164 valence electrons. The number of thiophene rings is 1. The van der Waals surface area contributed by atoms with Crippen LogP contribution >= 0.6 is 27.3 Å². The van der Waals surface area contributed by atoms with Crippen LogP contribution in [-0.2, 0) is 19.4 Å². The largest absolute Gasteiger partial charge is 0.488 e. The van der Waals surface area contributed by atoms with E-state index in [0.717, 1.165) is 51.2 Å². The van der Waals surface area contributed by atoms with Crippen molar-refractivity contribution in [1.29, 1.82) is 0 Å². The minimum absolute atomic E-state index is 0.0465. The third-order valence-electron chi connectivity index (χ3n) is 5.32. The number of rotatable bonds is 8. The molecule has 0 saturated heterocycles. The van der Waals surface area contributed by atoms with Crippen molar-refractivity contribution in [3.8, 4) is 5.75 Å². The summed E-state index contributed by atoms with van der Waals surface area (Å²) in [5.41, 5.74) is 3.93. The van der Waals surface area contributed by atoms with Gasteiger partial charge in [-0.15, -0.1) is 11.3 Å². The second-order valence-electron chi connectivity index (χ2n) is 7.61. The number of carbonyl (C=O) groups excluding carboxylic acids is 1. The van der Waals surface area contributed by atoms with Crippen LogP contribution in [0.1, 0.15) is 44.8 Å². The molecular formula is C26H25BrN2O2S. The van der Waals surface area contributed by atoms with Gasteiger partial charge in [0.25, 0.3) is 5.91 Å². The molecule has 1 N–H and O–H groups in total. The first-order valence-electron chi connectivity index (χ1n) is 10.7. The lowest BCUT2D eigenvalue weighted by atomic mass is 9.95. The van der Waals surface area contributed by atoms with E-state index in [9.17, 15) is 4.79 Å². The lowest BCUT2D eigenvalue weighted by molar-refractivity contribution is 0.0951. The van der Waals surface area contributed by atoms with Gasteiger partial charge in [0, 0.05) is 17.6 Å². The quantitative estimate of drug-likeness (QED) is 0.274. The van der Waals surface area contributed by atoms with E-state index in [2.05, 4.69) is 27.8 Å². The van der Waals surface area contributed by atoms with Crippen LogP contribution in [0, 0.1) is 0 Å². The molecule has 1 amide bonds. The minimum Gasteiger partial charge on any atom is -0.488 e. The van der Waals surface area contributed by atoms with Crippen molar-refractivity contribution < 1.29 is 9.53 Å². The molecule has 0 radical (unpaired) electrons. The highest BCUT2D eigenvalue weighted by Crippen LogP contribution is 2.40. The summed E-state index contributed by atoms with van der Waals surface area (Å²) < 4.78 is 6.47. The molecule has 1 aromatic heterocycles. The van der Waals surface area contributed by atoms with Crippen molar-refractivity contribution in [3.63, 3.8) is 0 Å². The first-order valence-corrected chi connectivity index (χ1v) is 12.3. The molecular weight excluding hydrogens is 484 g/mol. The molecule has 1 aliphatic rings. The summed E-state index contributed by atoms with van der Waals surface area (Å²) in [6.45, 7) is 4.63. The zero-order valence-corrected chi connectivity index (χ0v) is 20.2. The number of aliphatic imine (C=N–C) groups is 1. The smallest absolute Gasteiger partial charge is 0.254 e. The van der Waals surface area contributed by atoms with Crippen molar-refractivity contribution in [2.75, 3.05) is 6.61 Å². The summed E-state index contributed by atoms with van der Waals surface area (Å²) in [5, 5.41) is 3.87. The van der Waals surface area contributed by atoms with Gasteiger partial charge in [0.05, 0.1) is 10.0 Å². The second kappa shape index (κ2) is 10.7. The third kappa shape index (κ3) is 5.37. The molecule has 4 nitrogen and oxygen atoms in total. The summed E-state index contributed by atoms with van der Waals surface area (Å²) in [7, 11) is 0. The van der Waals surface area contributed by atoms with Crippen molar-refractivity contribution in [2.45, 2.75) is 32.2 Å². The predicted octanol–water partition coefficient (Wildman–Crippen LogP) is 6.63. The molecule has 1 heterocycles. The van der Waals surface area contributed by atoms with Crippen molar-refractivity contribution in [3.05, 3.63) is 92.8 Å². The molecule has 0 spiro atoms. The third-order valence-corrected chi connectivity index (χ3v) is 7.14. The summed E-state index contributed by atoms with van der Waals surface area (Å²) >= 11 is 5.19. The first-order chi connectivity index (χ1) is 15.7. The van der Waals surface area contributed by atoms with Gasteiger partial charge in [-0.3, -0.25) is 4.79 Å². The van der Waals surface area contributed by atoms with Gasteiger partial charge < -0.3 is 10.1 Å². The van der Waals surface area contributed by atoms with Crippen LogP contribution in [0.3, 0.4) is 0 Å². The SMILES string of the molecule is C=CCOc1ccc(C=Nc2sc3c(c2C(=O)NCc2ccccc2)CCCC3)cc1Br. The topological polar surface area (TPSA) is 50.7 Å². The van der Waals surface area contributed by atoms with E-state index in [1.54, 1.807) is 17.4 Å². The molecule has 2 aromatic carbocycles. The van der Waals surface area contributed by atoms with Gasteiger partial charge in [-0.2, -0.15) is 0 Å². The fourth-order valence-corrected chi connectivity index (χ4v) is 5.48. The Morgan fingerprint density at radius 2 is 2.00 bits per heavy atom. The molecule has 3 aromatic rings. The normalized spacial score (nSPS) is 13.0. The number of hydrogen-bond acceptors (Lipinski definition) is 4. The molecule has 6 heteroatoms. The fourth-order valence-electron chi connectivity index (χ4n) is 3.74. The zero-order chi connectivity index (χ0) is 22.3.